The van der Waals surface area contributed by atoms with Gasteiger partial charge in [0.15, 0.2) is 0 Å². The minimum absolute atomic E-state index is 0.338. The normalized spacial score (nSPS) is 17.6. The van der Waals surface area contributed by atoms with Gasteiger partial charge < -0.3 is 9.64 Å². The molecule has 0 radical (unpaired) electrons. The van der Waals surface area contributed by atoms with Crippen LogP contribution < -0.4 is 4.90 Å². The maximum Gasteiger partial charge on any atom is 0.337 e. The second-order valence-electron chi connectivity index (χ2n) is 8.49. The number of ether oxygens (including phenoxy) is 1. The van der Waals surface area contributed by atoms with E-state index >= 15 is 0 Å². The average molecular weight is 449 g/mol. The minimum Gasteiger partial charge on any atom is -0.465 e. The van der Waals surface area contributed by atoms with Gasteiger partial charge in [-0.2, -0.15) is 0 Å². The minimum atomic E-state index is -0.338. The van der Waals surface area contributed by atoms with Gasteiger partial charge in [0.25, 0.3) is 0 Å². The SMILES string of the molecule is COC(=O)c1ccc(-c2nnc(-c3ccc(N4CCN(C5CCCC5)CC4)cc3)s2)cc1. The van der Waals surface area contributed by atoms with E-state index in [1.54, 1.807) is 23.5 Å². The van der Waals surface area contributed by atoms with Gasteiger partial charge in [0, 0.05) is 49.0 Å². The van der Waals surface area contributed by atoms with E-state index < -0.39 is 0 Å². The second kappa shape index (κ2) is 9.38. The fraction of sp³-hybridized carbons (Fsp3) is 0.400. The number of piperazine rings is 1. The van der Waals surface area contributed by atoms with Gasteiger partial charge in [0.2, 0.25) is 0 Å². The van der Waals surface area contributed by atoms with Gasteiger partial charge in [-0.1, -0.05) is 36.3 Å². The molecule has 166 valence electrons. The lowest BCUT2D eigenvalue weighted by atomic mass is 10.1. The first-order chi connectivity index (χ1) is 15.7. The van der Waals surface area contributed by atoms with Crippen molar-refractivity contribution in [3.05, 3.63) is 54.1 Å². The topological polar surface area (TPSA) is 58.6 Å². The highest BCUT2D eigenvalue weighted by Gasteiger charge is 2.26. The number of benzene rings is 2. The summed E-state index contributed by atoms with van der Waals surface area (Å²) in [5, 5.41) is 10.5. The Kier molecular flexibility index (Phi) is 6.19. The summed E-state index contributed by atoms with van der Waals surface area (Å²) >= 11 is 1.56. The van der Waals surface area contributed by atoms with Gasteiger partial charge in [0.1, 0.15) is 10.0 Å². The molecule has 1 aliphatic carbocycles. The first kappa shape index (κ1) is 21.1. The van der Waals surface area contributed by atoms with E-state index in [0.29, 0.717) is 5.56 Å². The van der Waals surface area contributed by atoms with Gasteiger partial charge in [-0.25, -0.2) is 4.79 Å². The Bertz CT molecular complexity index is 1050. The summed E-state index contributed by atoms with van der Waals surface area (Å²) in [7, 11) is 1.38. The number of carbonyl (C=O) groups excluding carboxylic acids is 1. The lowest BCUT2D eigenvalue weighted by Crippen LogP contribution is -2.49. The van der Waals surface area contributed by atoms with Crippen LogP contribution in [0.25, 0.3) is 21.1 Å². The third-order valence-electron chi connectivity index (χ3n) is 6.61. The first-order valence-corrected chi connectivity index (χ1v) is 12.1. The monoisotopic (exact) mass is 448 g/mol. The summed E-state index contributed by atoms with van der Waals surface area (Å²) in [5.41, 5.74) is 3.83. The first-order valence-electron chi connectivity index (χ1n) is 11.3. The van der Waals surface area contributed by atoms with Crippen LogP contribution in [0.15, 0.2) is 48.5 Å². The molecule has 0 amide bonds. The van der Waals surface area contributed by atoms with Gasteiger partial charge in [0.05, 0.1) is 12.7 Å². The third kappa shape index (κ3) is 4.40. The maximum absolute atomic E-state index is 11.6. The number of hydrogen-bond acceptors (Lipinski definition) is 7. The third-order valence-corrected chi connectivity index (χ3v) is 7.63. The van der Waals surface area contributed by atoms with Crippen molar-refractivity contribution in [2.24, 2.45) is 0 Å². The second-order valence-corrected chi connectivity index (χ2v) is 9.47. The van der Waals surface area contributed by atoms with Crippen LogP contribution in [-0.2, 0) is 4.74 Å². The van der Waals surface area contributed by atoms with Gasteiger partial charge in [-0.3, -0.25) is 4.90 Å². The van der Waals surface area contributed by atoms with Gasteiger partial charge >= 0.3 is 5.97 Å². The average Bonchev–Trinajstić information content (AvgIpc) is 3.57. The van der Waals surface area contributed by atoms with Crippen LogP contribution in [-0.4, -0.2) is 60.4 Å². The Balaban J connectivity index is 1.23. The van der Waals surface area contributed by atoms with Crippen molar-refractivity contribution in [1.29, 1.82) is 0 Å². The van der Waals surface area contributed by atoms with Crippen molar-refractivity contribution in [3.8, 4) is 21.1 Å². The molecule has 0 atom stereocenters. The molecule has 1 aromatic heterocycles. The summed E-state index contributed by atoms with van der Waals surface area (Å²) in [6.45, 7) is 4.53. The predicted octanol–water partition coefficient (Wildman–Crippen LogP) is 4.72. The fourth-order valence-corrected chi connectivity index (χ4v) is 5.61. The molecule has 2 fully saturated rings. The van der Waals surface area contributed by atoms with E-state index in [0.717, 1.165) is 40.3 Å². The molecular formula is C25H28N4O2S. The number of rotatable bonds is 5. The highest BCUT2D eigenvalue weighted by atomic mass is 32.1. The molecule has 0 unspecified atom stereocenters. The largest absolute Gasteiger partial charge is 0.465 e. The molecule has 3 aromatic rings. The molecule has 1 aliphatic heterocycles. The standard InChI is InChI=1S/C25H28N4O2S/c1-31-25(30)20-8-6-18(7-9-20)23-26-27-24(32-23)19-10-12-22(13-11-19)29-16-14-28(15-17-29)21-4-2-3-5-21/h6-13,21H,2-5,14-17H2,1H3. The zero-order chi connectivity index (χ0) is 21.9. The molecule has 2 heterocycles. The number of anilines is 1. The zero-order valence-electron chi connectivity index (χ0n) is 18.4. The highest BCUT2D eigenvalue weighted by molar-refractivity contribution is 7.17. The molecular weight excluding hydrogens is 420 g/mol. The quantitative estimate of drug-likeness (QED) is 0.526. The van der Waals surface area contributed by atoms with E-state index in [4.69, 9.17) is 4.74 Å². The molecule has 7 heteroatoms. The Morgan fingerprint density at radius 2 is 1.44 bits per heavy atom. The zero-order valence-corrected chi connectivity index (χ0v) is 19.2. The Morgan fingerprint density at radius 1 is 0.875 bits per heavy atom. The van der Waals surface area contributed by atoms with Crippen molar-refractivity contribution in [1.82, 2.24) is 15.1 Å². The number of aromatic nitrogens is 2. The van der Waals surface area contributed by atoms with Crippen molar-refractivity contribution < 1.29 is 9.53 Å². The van der Waals surface area contributed by atoms with E-state index in [2.05, 4.69) is 44.3 Å². The summed E-state index contributed by atoms with van der Waals surface area (Å²) in [6.07, 6.45) is 5.57. The van der Waals surface area contributed by atoms with Crippen LogP contribution in [0.1, 0.15) is 36.0 Å². The van der Waals surface area contributed by atoms with Crippen LogP contribution in [0.3, 0.4) is 0 Å². The number of carbonyl (C=O) groups is 1. The van der Waals surface area contributed by atoms with Crippen LogP contribution in [0.4, 0.5) is 5.69 Å². The summed E-state index contributed by atoms with van der Waals surface area (Å²) < 4.78 is 4.76. The molecule has 0 spiro atoms. The molecule has 1 saturated carbocycles. The Morgan fingerprint density at radius 3 is 2.00 bits per heavy atom. The Hall–Kier alpha value is -2.77. The van der Waals surface area contributed by atoms with Crippen LogP contribution in [0, 0.1) is 0 Å². The van der Waals surface area contributed by atoms with Crippen LogP contribution in [0.2, 0.25) is 0 Å². The van der Waals surface area contributed by atoms with Gasteiger partial charge in [-0.05, 0) is 49.2 Å². The van der Waals surface area contributed by atoms with E-state index in [1.165, 1.54) is 51.6 Å². The van der Waals surface area contributed by atoms with Gasteiger partial charge in [-0.15, -0.1) is 10.2 Å². The lowest BCUT2D eigenvalue weighted by Gasteiger charge is -2.39. The van der Waals surface area contributed by atoms with Crippen molar-refractivity contribution in [2.75, 3.05) is 38.2 Å². The number of hydrogen-bond donors (Lipinski definition) is 0. The smallest absolute Gasteiger partial charge is 0.337 e. The van der Waals surface area contributed by atoms with Crippen LogP contribution >= 0.6 is 11.3 Å². The van der Waals surface area contributed by atoms with E-state index in [9.17, 15) is 4.79 Å². The summed E-state index contributed by atoms with van der Waals surface area (Å²) in [5.74, 6) is -0.338. The Labute approximate surface area is 192 Å². The highest BCUT2D eigenvalue weighted by Crippen LogP contribution is 2.32. The molecule has 1 saturated heterocycles. The predicted molar refractivity (Wildman–Crippen MR) is 128 cm³/mol. The molecule has 5 rings (SSSR count). The number of methoxy groups -OCH3 is 1. The van der Waals surface area contributed by atoms with Crippen molar-refractivity contribution in [3.63, 3.8) is 0 Å². The molecule has 0 bridgehead atoms. The fourth-order valence-electron chi connectivity index (χ4n) is 4.75. The lowest BCUT2D eigenvalue weighted by molar-refractivity contribution is 0.0601. The van der Waals surface area contributed by atoms with E-state index in [1.807, 2.05) is 12.1 Å². The van der Waals surface area contributed by atoms with Crippen molar-refractivity contribution >= 4 is 23.0 Å². The molecule has 6 nitrogen and oxygen atoms in total. The van der Waals surface area contributed by atoms with Crippen molar-refractivity contribution in [2.45, 2.75) is 31.7 Å². The number of esters is 1. The molecule has 2 aliphatic rings. The van der Waals surface area contributed by atoms with Crippen LogP contribution in [0.5, 0.6) is 0 Å². The molecule has 2 aromatic carbocycles. The maximum atomic E-state index is 11.6. The number of nitrogens with zero attached hydrogens (tertiary/aromatic N) is 4. The molecule has 0 N–H and O–H groups in total. The summed E-state index contributed by atoms with van der Waals surface area (Å²) in [6, 6.07) is 16.8. The van der Waals surface area contributed by atoms with E-state index in [-0.39, 0.29) is 5.97 Å². The molecule has 32 heavy (non-hydrogen) atoms. The summed E-state index contributed by atoms with van der Waals surface area (Å²) in [4.78, 5) is 16.8.